The molecule has 1 nitrogen and oxygen atoms in total. The molecule has 0 saturated heterocycles. The summed E-state index contributed by atoms with van der Waals surface area (Å²) in [5.74, 6) is 0. The van der Waals surface area contributed by atoms with Gasteiger partial charge < -0.3 is 5.32 Å². The molecule has 1 unspecified atom stereocenters. The first-order valence-corrected chi connectivity index (χ1v) is 7.98. The second-order valence-electron chi connectivity index (χ2n) is 5.34. The third-order valence-corrected chi connectivity index (χ3v) is 4.27. The lowest BCUT2D eigenvalue weighted by atomic mass is 10.0. The lowest BCUT2D eigenvalue weighted by Gasteiger charge is -2.15. The fourth-order valence-corrected chi connectivity index (χ4v) is 2.96. The van der Waals surface area contributed by atoms with Gasteiger partial charge in [0.25, 0.3) is 0 Å². The van der Waals surface area contributed by atoms with Gasteiger partial charge in [0.05, 0.1) is 0 Å². The molecule has 3 aromatic carbocycles. The van der Waals surface area contributed by atoms with E-state index in [0.29, 0.717) is 6.04 Å². The van der Waals surface area contributed by atoms with Crippen LogP contribution in [0.2, 0.25) is 0 Å². The highest BCUT2D eigenvalue weighted by Gasteiger charge is 2.06. The average molecular weight is 340 g/mol. The Morgan fingerprint density at radius 2 is 1.71 bits per heavy atom. The summed E-state index contributed by atoms with van der Waals surface area (Å²) in [4.78, 5) is 0. The summed E-state index contributed by atoms with van der Waals surface area (Å²) in [6.07, 6.45) is 0. The van der Waals surface area contributed by atoms with E-state index in [-0.39, 0.29) is 0 Å². The van der Waals surface area contributed by atoms with Crippen molar-refractivity contribution >= 4 is 26.7 Å². The number of rotatable bonds is 4. The van der Waals surface area contributed by atoms with Crippen molar-refractivity contribution in [2.75, 3.05) is 0 Å². The van der Waals surface area contributed by atoms with Gasteiger partial charge in [0.2, 0.25) is 0 Å². The summed E-state index contributed by atoms with van der Waals surface area (Å²) < 4.78 is 1.13. The SMILES string of the molecule is CC(NCc1cccc(Br)c1)c1ccc2ccccc2c1. The summed E-state index contributed by atoms with van der Waals surface area (Å²) in [5.41, 5.74) is 2.61. The minimum atomic E-state index is 0.327. The maximum Gasteiger partial charge on any atom is 0.0295 e. The average Bonchev–Trinajstić information content (AvgIpc) is 2.52. The molecule has 0 spiro atoms. The van der Waals surface area contributed by atoms with E-state index in [1.54, 1.807) is 0 Å². The standard InChI is InChI=1S/C19H18BrN/c1-14(21-13-15-5-4-8-19(20)11-15)17-10-9-16-6-2-3-7-18(16)12-17/h2-12,14,21H,13H2,1H3. The normalized spacial score (nSPS) is 12.5. The third-order valence-electron chi connectivity index (χ3n) is 3.77. The molecule has 3 aromatic rings. The molecule has 0 fully saturated rings. The maximum absolute atomic E-state index is 3.59. The van der Waals surface area contributed by atoms with Crippen molar-refractivity contribution in [3.05, 3.63) is 82.3 Å². The largest absolute Gasteiger partial charge is 0.306 e. The Morgan fingerprint density at radius 1 is 0.905 bits per heavy atom. The van der Waals surface area contributed by atoms with Crippen LogP contribution in [0.4, 0.5) is 0 Å². The van der Waals surface area contributed by atoms with Crippen LogP contribution >= 0.6 is 15.9 Å². The topological polar surface area (TPSA) is 12.0 Å². The Kier molecular flexibility index (Phi) is 4.37. The van der Waals surface area contributed by atoms with Gasteiger partial charge in [0.1, 0.15) is 0 Å². The Bertz CT molecular complexity index is 751. The predicted molar refractivity (Wildman–Crippen MR) is 93.3 cm³/mol. The summed E-state index contributed by atoms with van der Waals surface area (Å²) in [7, 11) is 0. The zero-order valence-electron chi connectivity index (χ0n) is 12.0. The van der Waals surface area contributed by atoms with Gasteiger partial charge in [-0.3, -0.25) is 0 Å². The van der Waals surface area contributed by atoms with Crippen molar-refractivity contribution in [2.24, 2.45) is 0 Å². The summed E-state index contributed by atoms with van der Waals surface area (Å²) in [5, 5.41) is 6.18. The quantitative estimate of drug-likeness (QED) is 0.666. The monoisotopic (exact) mass is 339 g/mol. The van der Waals surface area contributed by atoms with E-state index in [2.05, 4.69) is 94.9 Å². The molecular weight excluding hydrogens is 322 g/mol. The zero-order chi connectivity index (χ0) is 14.7. The van der Waals surface area contributed by atoms with Crippen LogP contribution in [0.1, 0.15) is 24.1 Å². The van der Waals surface area contributed by atoms with Crippen LogP contribution in [0, 0.1) is 0 Å². The molecule has 0 bridgehead atoms. The fourth-order valence-electron chi connectivity index (χ4n) is 2.51. The van der Waals surface area contributed by atoms with Crippen LogP contribution in [0.5, 0.6) is 0 Å². The van der Waals surface area contributed by atoms with Crippen molar-refractivity contribution in [3.63, 3.8) is 0 Å². The minimum Gasteiger partial charge on any atom is -0.306 e. The number of fused-ring (bicyclic) bond motifs is 1. The fraction of sp³-hybridized carbons (Fsp3) is 0.158. The Morgan fingerprint density at radius 3 is 2.52 bits per heavy atom. The van der Waals surface area contributed by atoms with Crippen LogP contribution in [-0.4, -0.2) is 0 Å². The van der Waals surface area contributed by atoms with Crippen molar-refractivity contribution in [1.82, 2.24) is 5.32 Å². The number of nitrogens with one attached hydrogen (secondary N) is 1. The first-order valence-electron chi connectivity index (χ1n) is 7.19. The highest BCUT2D eigenvalue weighted by molar-refractivity contribution is 9.10. The summed E-state index contributed by atoms with van der Waals surface area (Å²) in [6, 6.07) is 23.9. The molecule has 0 aliphatic carbocycles. The van der Waals surface area contributed by atoms with Gasteiger partial charge in [0, 0.05) is 17.1 Å². The zero-order valence-corrected chi connectivity index (χ0v) is 13.6. The van der Waals surface area contributed by atoms with E-state index in [1.807, 2.05) is 0 Å². The lowest BCUT2D eigenvalue weighted by molar-refractivity contribution is 0.575. The molecule has 0 aliphatic heterocycles. The summed E-state index contributed by atoms with van der Waals surface area (Å²) >= 11 is 3.51. The molecule has 106 valence electrons. The Hall–Kier alpha value is -1.64. The van der Waals surface area contributed by atoms with E-state index in [4.69, 9.17) is 0 Å². The van der Waals surface area contributed by atoms with E-state index in [1.165, 1.54) is 21.9 Å². The van der Waals surface area contributed by atoms with E-state index in [9.17, 15) is 0 Å². The molecule has 21 heavy (non-hydrogen) atoms. The smallest absolute Gasteiger partial charge is 0.0295 e. The number of hydrogen-bond donors (Lipinski definition) is 1. The molecule has 3 rings (SSSR count). The molecular formula is C19H18BrN. The highest BCUT2D eigenvalue weighted by atomic mass is 79.9. The lowest BCUT2D eigenvalue weighted by Crippen LogP contribution is -2.18. The Labute approximate surface area is 134 Å². The van der Waals surface area contributed by atoms with E-state index in [0.717, 1.165) is 11.0 Å². The first-order chi connectivity index (χ1) is 10.2. The number of hydrogen-bond acceptors (Lipinski definition) is 1. The molecule has 0 radical (unpaired) electrons. The van der Waals surface area contributed by atoms with Gasteiger partial charge in [-0.25, -0.2) is 0 Å². The highest BCUT2D eigenvalue weighted by Crippen LogP contribution is 2.21. The van der Waals surface area contributed by atoms with Crippen LogP contribution in [0.25, 0.3) is 10.8 Å². The van der Waals surface area contributed by atoms with Crippen LogP contribution < -0.4 is 5.32 Å². The van der Waals surface area contributed by atoms with Gasteiger partial charge in [0.15, 0.2) is 0 Å². The molecule has 0 saturated carbocycles. The van der Waals surface area contributed by atoms with Gasteiger partial charge in [-0.2, -0.15) is 0 Å². The molecule has 1 N–H and O–H groups in total. The second-order valence-corrected chi connectivity index (χ2v) is 6.25. The molecule has 0 aromatic heterocycles. The first kappa shape index (κ1) is 14.3. The minimum absolute atomic E-state index is 0.327. The summed E-state index contributed by atoms with van der Waals surface area (Å²) in [6.45, 7) is 3.08. The molecule has 0 amide bonds. The van der Waals surface area contributed by atoms with Gasteiger partial charge in [-0.15, -0.1) is 0 Å². The van der Waals surface area contributed by atoms with Gasteiger partial charge >= 0.3 is 0 Å². The second kappa shape index (κ2) is 6.42. The third kappa shape index (κ3) is 3.52. The van der Waals surface area contributed by atoms with Crippen LogP contribution in [-0.2, 0) is 6.54 Å². The molecule has 0 aliphatic rings. The van der Waals surface area contributed by atoms with Crippen molar-refractivity contribution in [2.45, 2.75) is 19.5 Å². The molecule has 1 atom stereocenters. The number of halogens is 1. The van der Waals surface area contributed by atoms with Crippen molar-refractivity contribution in [3.8, 4) is 0 Å². The van der Waals surface area contributed by atoms with Gasteiger partial charge in [-0.1, -0.05) is 64.5 Å². The molecule has 0 heterocycles. The number of benzene rings is 3. The van der Waals surface area contributed by atoms with E-state index < -0.39 is 0 Å². The van der Waals surface area contributed by atoms with Crippen LogP contribution in [0.3, 0.4) is 0 Å². The van der Waals surface area contributed by atoms with Crippen molar-refractivity contribution in [1.29, 1.82) is 0 Å². The molecule has 2 heteroatoms. The van der Waals surface area contributed by atoms with Crippen LogP contribution in [0.15, 0.2) is 71.2 Å². The Balaban J connectivity index is 1.73. The van der Waals surface area contributed by atoms with Gasteiger partial charge in [-0.05, 0) is 47.0 Å². The van der Waals surface area contributed by atoms with E-state index >= 15 is 0 Å². The predicted octanol–water partition coefficient (Wildman–Crippen LogP) is 5.45. The van der Waals surface area contributed by atoms with Crippen molar-refractivity contribution < 1.29 is 0 Å². The maximum atomic E-state index is 3.59.